The molecule has 0 atom stereocenters. The van der Waals surface area contributed by atoms with Crippen molar-refractivity contribution in [1.82, 2.24) is 9.88 Å². The van der Waals surface area contributed by atoms with Crippen LogP contribution < -0.4 is 10.3 Å². The van der Waals surface area contributed by atoms with Gasteiger partial charge in [-0.25, -0.2) is 0 Å². The highest BCUT2D eigenvalue weighted by Gasteiger charge is 2.19. The van der Waals surface area contributed by atoms with Crippen molar-refractivity contribution in [2.75, 3.05) is 7.11 Å². The molecule has 4 aromatic rings. The summed E-state index contributed by atoms with van der Waals surface area (Å²) in [6.07, 6.45) is 0. The van der Waals surface area contributed by atoms with Crippen molar-refractivity contribution < 1.29 is 9.53 Å². The number of benzene rings is 3. The number of methoxy groups -OCH3 is 1. The van der Waals surface area contributed by atoms with Gasteiger partial charge in [0.15, 0.2) is 0 Å². The summed E-state index contributed by atoms with van der Waals surface area (Å²) in [6.45, 7) is 2.60. The van der Waals surface area contributed by atoms with Crippen LogP contribution in [0.5, 0.6) is 5.75 Å². The van der Waals surface area contributed by atoms with Crippen molar-refractivity contribution in [2.24, 2.45) is 0 Å². The molecule has 162 valence electrons. The van der Waals surface area contributed by atoms with Crippen molar-refractivity contribution >= 4 is 32.7 Å². The summed E-state index contributed by atoms with van der Waals surface area (Å²) in [6, 6.07) is 22.6. The van der Waals surface area contributed by atoms with Gasteiger partial charge in [-0.3, -0.25) is 9.59 Å². The van der Waals surface area contributed by atoms with Gasteiger partial charge in [0.2, 0.25) is 0 Å². The van der Waals surface area contributed by atoms with Crippen LogP contribution in [0.2, 0.25) is 0 Å². The Balaban J connectivity index is 1.71. The zero-order valence-electron chi connectivity index (χ0n) is 17.9. The van der Waals surface area contributed by atoms with Crippen molar-refractivity contribution in [1.29, 1.82) is 0 Å². The number of hydrogen-bond donors (Lipinski definition) is 1. The Kier molecular flexibility index (Phi) is 6.42. The van der Waals surface area contributed by atoms with Gasteiger partial charge in [0.25, 0.3) is 11.5 Å². The molecule has 5 nitrogen and oxygen atoms in total. The minimum atomic E-state index is -0.208. The van der Waals surface area contributed by atoms with Crippen molar-refractivity contribution in [3.63, 3.8) is 0 Å². The molecule has 1 heterocycles. The molecule has 0 unspecified atom stereocenters. The lowest BCUT2D eigenvalue weighted by Crippen LogP contribution is -2.32. The van der Waals surface area contributed by atoms with E-state index in [0.717, 1.165) is 26.5 Å². The molecule has 0 aliphatic rings. The number of carbonyl (C=O) groups excluding carboxylic acids is 1. The molecule has 0 aliphatic heterocycles. The van der Waals surface area contributed by atoms with Crippen LogP contribution in [0, 0.1) is 6.92 Å². The van der Waals surface area contributed by atoms with Crippen molar-refractivity contribution in [3.05, 3.63) is 110 Å². The molecular formula is C26H23BrN2O3. The van der Waals surface area contributed by atoms with Crippen LogP contribution in [0.3, 0.4) is 0 Å². The standard InChI is InChI=1S/C26H23BrN2O3/c1-17-3-5-18(6-4-17)15-29(26(31)19-7-9-22(27)10-8-19)16-21-13-20-14-23(32-2)11-12-24(20)28-25(21)30/h3-14H,15-16H2,1-2H3,(H,28,30). The number of ether oxygens (including phenoxy) is 1. The molecule has 3 aromatic carbocycles. The van der Waals surface area contributed by atoms with Gasteiger partial charge in [0, 0.05) is 33.0 Å². The summed E-state index contributed by atoms with van der Waals surface area (Å²) in [5, 5.41) is 0.852. The number of rotatable bonds is 6. The molecule has 32 heavy (non-hydrogen) atoms. The smallest absolute Gasteiger partial charge is 0.254 e. The second-order valence-corrected chi connectivity index (χ2v) is 8.65. The summed E-state index contributed by atoms with van der Waals surface area (Å²) in [7, 11) is 1.61. The number of amides is 1. The first-order valence-electron chi connectivity index (χ1n) is 10.2. The Hall–Kier alpha value is -3.38. The van der Waals surface area contributed by atoms with Gasteiger partial charge in [0.1, 0.15) is 5.75 Å². The first kappa shape index (κ1) is 21.8. The van der Waals surface area contributed by atoms with Crippen LogP contribution in [-0.4, -0.2) is 22.9 Å². The zero-order valence-corrected chi connectivity index (χ0v) is 19.5. The fourth-order valence-corrected chi connectivity index (χ4v) is 3.83. The van der Waals surface area contributed by atoms with E-state index in [1.807, 2.05) is 61.5 Å². The van der Waals surface area contributed by atoms with E-state index in [1.54, 1.807) is 30.2 Å². The normalized spacial score (nSPS) is 10.8. The predicted octanol–water partition coefficient (Wildman–Crippen LogP) is 5.45. The third-order valence-corrected chi connectivity index (χ3v) is 5.89. The number of carbonyl (C=O) groups is 1. The van der Waals surface area contributed by atoms with Crippen LogP contribution in [0.1, 0.15) is 27.0 Å². The largest absolute Gasteiger partial charge is 0.497 e. The lowest BCUT2D eigenvalue weighted by molar-refractivity contribution is 0.0729. The number of aromatic nitrogens is 1. The first-order valence-corrected chi connectivity index (χ1v) is 11.0. The fraction of sp³-hybridized carbons (Fsp3) is 0.154. The third kappa shape index (κ3) is 4.92. The molecule has 4 rings (SSSR count). The van der Waals surface area contributed by atoms with Crippen molar-refractivity contribution in [2.45, 2.75) is 20.0 Å². The highest BCUT2D eigenvalue weighted by atomic mass is 79.9. The molecule has 0 fully saturated rings. The Morgan fingerprint density at radius 3 is 2.38 bits per heavy atom. The van der Waals surface area contributed by atoms with Gasteiger partial charge in [-0.2, -0.15) is 0 Å². The van der Waals surface area contributed by atoms with E-state index in [0.29, 0.717) is 23.4 Å². The van der Waals surface area contributed by atoms with E-state index < -0.39 is 0 Å². The monoisotopic (exact) mass is 490 g/mol. The number of nitrogens with one attached hydrogen (secondary N) is 1. The average Bonchev–Trinajstić information content (AvgIpc) is 2.80. The first-order chi connectivity index (χ1) is 15.4. The quantitative estimate of drug-likeness (QED) is 0.390. The van der Waals surface area contributed by atoms with Gasteiger partial charge in [-0.15, -0.1) is 0 Å². The lowest BCUT2D eigenvalue weighted by atomic mass is 10.1. The fourth-order valence-electron chi connectivity index (χ4n) is 3.57. The van der Waals surface area contributed by atoms with Gasteiger partial charge in [-0.05, 0) is 61.0 Å². The Morgan fingerprint density at radius 1 is 0.969 bits per heavy atom. The number of nitrogens with zero attached hydrogens (tertiary/aromatic N) is 1. The molecule has 0 spiro atoms. The predicted molar refractivity (Wildman–Crippen MR) is 130 cm³/mol. The Morgan fingerprint density at radius 2 is 1.69 bits per heavy atom. The third-order valence-electron chi connectivity index (χ3n) is 5.36. The molecule has 1 amide bonds. The van der Waals surface area contributed by atoms with E-state index in [2.05, 4.69) is 20.9 Å². The summed E-state index contributed by atoms with van der Waals surface area (Å²) in [5.41, 5.74) is 3.76. The molecule has 0 radical (unpaired) electrons. The topological polar surface area (TPSA) is 62.4 Å². The molecule has 0 saturated carbocycles. The highest BCUT2D eigenvalue weighted by Crippen LogP contribution is 2.21. The van der Waals surface area contributed by atoms with E-state index in [4.69, 9.17) is 4.74 Å². The molecule has 6 heteroatoms. The molecule has 1 aromatic heterocycles. The number of fused-ring (bicyclic) bond motifs is 1. The average molecular weight is 491 g/mol. The number of hydrogen-bond acceptors (Lipinski definition) is 3. The summed E-state index contributed by atoms with van der Waals surface area (Å²) < 4.78 is 6.21. The van der Waals surface area contributed by atoms with Crippen molar-refractivity contribution in [3.8, 4) is 5.75 Å². The molecule has 0 aliphatic carbocycles. The molecule has 1 N–H and O–H groups in total. The van der Waals surface area contributed by atoms with E-state index in [9.17, 15) is 9.59 Å². The van der Waals surface area contributed by atoms with Crippen LogP contribution >= 0.6 is 15.9 Å². The zero-order chi connectivity index (χ0) is 22.7. The van der Waals surface area contributed by atoms with Gasteiger partial charge in [-0.1, -0.05) is 45.8 Å². The molecule has 0 bridgehead atoms. The summed E-state index contributed by atoms with van der Waals surface area (Å²) in [4.78, 5) is 30.8. The molecular weight excluding hydrogens is 468 g/mol. The van der Waals surface area contributed by atoms with E-state index in [1.165, 1.54) is 0 Å². The highest BCUT2D eigenvalue weighted by molar-refractivity contribution is 9.10. The number of pyridine rings is 1. The number of halogens is 1. The maximum Gasteiger partial charge on any atom is 0.254 e. The number of aryl methyl sites for hydroxylation is 1. The SMILES string of the molecule is COc1ccc2[nH]c(=O)c(CN(Cc3ccc(C)cc3)C(=O)c3ccc(Br)cc3)cc2c1. The van der Waals surface area contributed by atoms with Gasteiger partial charge >= 0.3 is 0 Å². The van der Waals surface area contributed by atoms with Gasteiger partial charge < -0.3 is 14.6 Å². The van der Waals surface area contributed by atoms with Crippen LogP contribution in [-0.2, 0) is 13.1 Å². The van der Waals surface area contributed by atoms with Crippen LogP contribution in [0.4, 0.5) is 0 Å². The second-order valence-electron chi connectivity index (χ2n) is 7.73. The maximum absolute atomic E-state index is 13.4. The second kappa shape index (κ2) is 9.40. The lowest BCUT2D eigenvalue weighted by Gasteiger charge is -2.23. The van der Waals surface area contributed by atoms with E-state index >= 15 is 0 Å². The Labute approximate surface area is 194 Å². The van der Waals surface area contributed by atoms with Crippen LogP contribution in [0.25, 0.3) is 10.9 Å². The number of aromatic amines is 1. The summed E-state index contributed by atoms with van der Waals surface area (Å²) in [5.74, 6) is 0.571. The van der Waals surface area contributed by atoms with E-state index in [-0.39, 0.29) is 18.0 Å². The minimum absolute atomic E-state index is 0.136. The van der Waals surface area contributed by atoms with Crippen LogP contribution in [0.15, 0.2) is 82.1 Å². The number of H-pyrrole nitrogens is 1. The Bertz CT molecular complexity index is 1310. The van der Waals surface area contributed by atoms with Gasteiger partial charge in [0.05, 0.1) is 13.7 Å². The maximum atomic E-state index is 13.4. The molecule has 0 saturated heterocycles. The summed E-state index contributed by atoms with van der Waals surface area (Å²) >= 11 is 3.41. The minimum Gasteiger partial charge on any atom is -0.497 e.